The van der Waals surface area contributed by atoms with Crippen LogP contribution in [0.4, 0.5) is 0 Å². The Labute approximate surface area is 102 Å². The van der Waals surface area contributed by atoms with E-state index in [-0.39, 0.29) is 5.12 Å². The first-order chi connectivity index (χ1) is 7.15. The average Bonchev–Trinajstić information content (AvgIpc) is 2.22. The number of halogens is 2. The Morgan fingerprint density at radius 3 is 2.73 bits per heavy atom. The van der Waals surface area contributed by atoms with Crippen molar-refractivity contribution in [2.45, 2.75) is 6.42 Å². The number of benzene rings is 1. The van der Waals surface area contributed by atoms with Crippen molar-refractivity contribution in [3.8, 4) is 6.07 Å². The first-order valence-corrected chi connectivity index (χ1v) is 5.88. The molecule has 0 amide bonds. The van der Waals surface area contributed by atoms with E-state index in [9.17, 15) is 4.79 Å². The molecule has 0 saturated carbocycles. The lowest BCUT2D eigenvalue weighted by Gasteiger charge is -2.00. The van der Waals surface area contributed by atoms with Crippen molar-refractivity contribution >= 4 is 40.1 Å². The minimum absolute atomic E-state index is 0.0937. The molecule has 2 nitrogen and oxygen atoms in total. The molecular formula is C10H7Cl2NOS. The van der Waals surface area contributed by atoms with Gasteiger partial charge in [0.2, 0.25) is 5.12 Å². The summed E-state index contributed by atoms with van der Waals surface area (Å²) < 4.78 is 0. The van der Waals surface area contributed by atoms with E-state index >= 15 is 0 Å². The van der Waals surface area contributed by atoms with Gasteiger partial charge < -0.3 is 0 Å². The first-order valence-electron chi connectivity index (χ1n) is 4.14. The van der Waals surface area contributed by atoms with Crippen LogP contribution in [-0.2, 0) is 0 Å². The first kappa shape index (κ1) is 12.4. The Bertz CT molecular complexity index is 414. The van der Waals surface area contributed by atoms with Gasteiger partial charge in [-0.15, -0.1) is 0 Å². The summed E-state index contributed by atoms with van der Waals surface area (Å²) in [6.07, 6.45) is 0.359. The molecule has 0 saturated heterocycles. The highest BCUT2D eigenvalue weighted by molar-refractivity contribution is 8.14. The predicted molar refractivity (Wildman–Crippen MR) is 63.5 cm³/mol. The van der Waals surface area contributed by atoms with Gasteiger partial charge in [-0.25, -0.2) is 0 Å². The molecule has 0 aliphatic rings. The van der Waals surface area contributed by atoms with Crippen molar-refractivity contribution in [1.82, 2.24) is 0 Å². The molecule has 0 unspecified atom stereocenters. The fourth-order valence-corrected chi connectivity index (χ4v) is 1.87. The molecule has 78 valence electrons. The van der Waals surface area contributed by atoms with Gasteiger partial charge in [0.25, 0.3) is 0 Å². The molecule has 0 fully saturated rings. The monoisotopic (exact) mass is 259 g/mol. The molecule has 0 radical (unpaired) electrons. The highest BCUT2D eigenvalue weighted by atomic mass is 35.5. The third-order valence-corrected chi connectivity index (χ3v) is 3.25. The van der Waals surface area contributed by atoms with Crippen LogP contribution in [-0.4, -0.2) is 10.9 Å². The van der Waals surface area contributed by atoms with Crippen LogP contribution in [0.2, 0.25) is 10.0 Å². The molecule has 0 aliphatic carbocycles. The maximum absolute atomic E-state index is 11.5. The van der Waals surface area contributed by atoms with Crippen molar-refractivity contribution in [1.29, 1.82) is 5.26 Å². The zero-order chi connectivity index (χ0) is 11.3. The molecule has 0 atom stereocenters. The van der Waals surface area contributed by atoms with Crippen molar-refractivity contribution in [2.24, 2.45) is 0 Å². The van der Waals surface area contributed by atoms with Crippen LogP contribution in [0.25, 0.3) is 0 Å². The summed E-state index contributed by atoms with van der Waals surface area (Å²) in [5.74, 6) is 0.496. The fraction of sp³-hybridized carbons (Fsp3) is 0.200. The second-order valence-corrected chi connectivity index (χ2v) is 4.56. The Kier molecular flexibility index (Phi) is 4.97. The van der Waals surface area contributed by atoms with Crippen molar-refractivity contribution < 1.29 is 4.79 Å². The van der Waals surface area contributed by atoms with Gasteiger partial charge in [0, 0.05) is 17.7 Å². The number of nitrogens with zero attached hydrogens (tertiary/aromatic N) is 1. The molecule has 1 aromatic rings. The lowest BCUT2D eigenvalue weighted by Crippen LogP contribution is -1.94. The zero-order valence-electron chi connectivity index (χ0n) is 7.67. The summed E-state index contributed by atoms with van der Waals surface area (Å²) in [5.41, 5.74) is 0.507. The summed E-state index contributed by atoms with van der Waals surface area (Å²) >= 11 is 12.6. The number of hydrogen-bond donors (Lipinski definition) is 0. The molecule has 0 spiro atoms. The zero-order valence-corrected chi connectivity index (χ0v) is 9.99. The number of carbonyl (C=O) groups is 1. The maximum Gasteiger partial charge on any atom is 0.219 e. The number of carbonyl (C=O) groups excluding carboxylic acids is 1. The van der Waals surface area contributed by atoms with Crippen molar-refractivity contribution in [2.75, 3.05) is 5.75 Å². The van der Waals surface area contributed by atoms with Crippen LogP contribution in [0.15, 0.2) is 18.2 Å². The molecule has 0 aliphatic heterocycles. The minimum Gasteiger partial charge on any atom is -0.282 e. The molecule has 0 heterocycles. The summed E-state index contributed by atoms with van der Waals surface area (Å²) in [6.45, 7) is 0. The quantitative estimate of drug-likeness (QED) is 0.776. The molecule has 15 heavy (non-hydrogen) atoms. The van der Waals surface area contributed by atoms with Gasteiger partial charge in [-0.2, -0.15) is 5.26 Å². The van der Waals surface area contributed by atoms with Crippen LogP contribution >= 0.6 is 35.0 Å². The topological polar surface area (TPSA) is 40.9 Å². The molecule has 0 N–H and O–H groups in total. The van der Waals surface area contributed by atoms with E-state index in [2.05, 4.69) is 0 Å². The fourth-order valence-electron chi connectivity index (χ4n) is 0.896. The van der Waals surface area contributed by atoms with Crippen LogP contribution in [0.3, 0.4) is 0 Å². The summed E-state index contributed by atoms with van der Waals surface area (Å²) in [5, 5.41) is 9.01. The normalized spacial score (nSPS) is 9.67. The molecular weight excluding hydrogens is 253 g/mol. The number of rotatable bonds is 3. The van der Waals surface area contributed by atoms with Crippen LogP contribution < -0.4 is 0 Å². The summed E-state index contributed by atoms with van der Waals surface area (Å²) in [6, 6.07) is 6.71. The molecule has 0 aromatic heterocycles. The Balaban J connectivity index is 2.67. The summed E-state index contributed by atoms with van der Waals surface area (Å²) in [7, 11) is 0. The van der Waals surface area contributed by atoms with Gasteiger partial charge in [0.05, 0.1) is 16.1 Å². The van der Waals surface area contributed by atoms with E-state index in [0.29, 0.717) is 27.8 Å². The van der Waals surface area contributed by atoms with E-state index in [1.54, 1.807) is 12.1 Å². The highest BCUT2D eigenvalue weighted by Crippen LogP contribution is 2.24. The Morgan fingerprint density at radius 1 is 1.40 bits per heavy atom. The number of thioether (sulfide) groups is 1. The largest absolute Gasteiger partial charge is 0.282 e. The molecule has 0 bridgehead atoms. The van der Waals surface area contributed by atoms with E-state index in [4.69, 9.17) is 28.5 Å². The Morgan fingerprint density at radius 2 is 2.13 bits per heavy atom. The maximum atomic E-state index is 11.5. The lowest BCUT2D eigenvalue weighted by atomic mass is 10.2. The van der Waals surface area contributed by atoms with E-state index in [0.717, 1.165) is 11.8 Å². The molecule has 1 aromatic carbocycles. The lowest BCUT2D eigenvalue weighted by molar-refractivity contribution is 0.108. The smallest absolute Gasteiger partial charge is 0.219 e. The summed E-state index contributed by atoms with van der Waals surface area (Å²) in [4.78, 5) is 11.5. The van der Waals surface area contributed by atoms with E-state index in [1.807, 2.05) is 6.07 Å². The van der Waals surface area contributed by atoms with Gasteiger partial charge in [0.1, 0.15) is 0 Å². The van der Waals surface area contributed by atoms with E-state index in [1.165, 1.54) is 6.07 Å². The molecule has 5 heteroatoms. The van der Waals surface area contributed by atoms with Crippen LogP contribution in [0.1, 0.15) is 16.8 Å². The van der Waals surface area contributed by atoms with E-state index < -0.39 is 0 Å². The average molecular weight is 260 g/mol. The predicted octanol–water partition coefficient (Wildman–Crippen LogP) is 3.78. The van der Waals surface area contributed by atoms with Crippen LogP contribution in [0, 0.1) is 11.3 Å². The van der Waals surface area contributed by atoms with Gasteiger partial charge in [-0.3, -0.25) is 4.79 Å². The third-order valence-electron chi connectivity index (χ3n) is 1.60. The second kappa shape index (κ2) is 6.02. The SMILES string of the molecule is N#CCCSC(=O)c1ccc(Cl)c(Cl)c1. The van der Waals surface area contributed by atoms with Crippen molar-refractivity contribution in [3.05, 3.63) is 33.8 Å². The minimum atomic E-state index is -0.0937. The third kappa shape index (κ3) is 3.75. The molecule has 1 rings (SSSR count). The van der Waals surface area contributed by atoms with Gasteiger partial charge in [-0.1, -0.05) is 35.0 Å². The number of nitriles is 1. The van der Waals surface area contributed by atoms with Crippen LogP contribution in [0.5, 0.6) is 0 Å². The Hall–Kier alpha value is -0.690. The van der Waals surface area contributed by atoms with Gasteiger partial charge in [-0.05, 0) is 18.2 Å². The number of hydrogen-bond acceptors (Lipinski definition) is 3. The highest BCUT2D eigenvalue weighted by Gasteiger charge is 2.08. The van der Waals surface area contributed by atoms with Crippen molar-refractivity contribution in [3.63, 3.8) is 0 Å². The van der Waals surface area contributed by atoms with Gasteiger partial charge in [0.15, 0.2) is 0 Å². The standard InChI is InChI=1S/C10H7Cl2NOS/c11-8-3-2-7(6-9(8)12)10(14)15-5-1-4-13/h2-3,6H,1,5H2. The second-order valence-electron chi connectivity index (χ2n) is 2.67. The van der Waals surface area contributed by atoms with Gasteiger partial charge >= 0.3 is 0 Å².